The SMILES string of the molecule is CCCNCC(=O)NC(C(=O)OC)c1ccccc1. The number of carbonyl (C=O) groups is 2. The van der Waals surface area contributed by atoms with E-state index in [4.69, 9.17) is 4.74 Å². The summed E-state index contributed by atoms with van der Waals surface area (Å²) in [6, 6.07) is 8.27. The maximum absolute atomic E-state index is 11.7. The van der Waals surface area contributed by atoms with Gasteiger partial charge in [0.2, 0.25) is 5.91 Å². The van der Waals surface area contributed by atoms with Crippen molar-refractivity contribution in [2.75, 3.05) is 20.2 Å². The van der Waals surface area contributed by atoms with Gasteiger partial charge in [0.05, 0.1) is 13.7 Å². The van der Waals surface area contributed by atoms with E-state index in [2.05, 4.69) is 10.6 Å². The fourth-order valence-corrected chi connectivity index (χ4v) is 1.63. The minimum absolute atomic E-state index is 0.189. The quantitative estimate of drug-likeness (QED) is 0.570. The fourth-order valence-electron chi connectivity index (χ4n) is 1.63. The summed E-state index contributed by atoms with van der Waals surface area (Å²) in [5, 5.41) is 5.65. The molecule has 0 aromatic heterocycles. The average molecular weight is 264 g/mol. The third kappa shape index (κ3) is 5.09. The van der Waals surface area contributed by atoms with Crippen LogP contribution in [0.3, 0.4) is 0 Å². The first-order valence-electron chi connectivity index (χ1n) is 6.32. The molecule has 1 unspecified atom stereocenters. The number of hydrogen-bond donors (Lipinski definition) is 2. The Kier molecular flexibility index (Phi) is 6.60. The van der Waals surface area contributed by atoms with E-state index in [1.165, 1.54) is 7.11 Å². The van der Waals surface area contributed by atoms with Crippen LogP contribution in [0, 0.1) is 0 Å². The molecule has 0 fully saturated rings. The molecule has 0 aliphatic carbocycles. The highest BCUT2D eigenvalue weighted by Gasteiger charge is 2.22. The van der Waals surface area contributed by atoms with Gasteiger partial charge in [0.25, 0.3) is 0 Å². The minimum Gasteiger partial charge on any atom is -0.467 e. The van der Waals surface area contributed by atoms with Gasteiger partial charge in [0, 0.05) is 0 Å². The molecule has 0 radical (unpaired) electrons. The van der Waals surface area contributed by atoms with Crippen LogP contribution < -0.4 is 10.6 Å². The van der Waals surface area contributed by atoms with Crippen molar-refractivity contribution in [1.29, 1.82) is 0 Å². The predicted molar refractivity (Wildman–Crippen MR) is 72.5 cm³/mol. The number of amides is 1. The van der Waals surface area contributed by atoms with Crippen molar-refractivity contribution in [3.05, 3.63) is 35.9 Å². The van der Waals surface area contributed by atoms with Crippen LogP contribution in [0.4, 0.5) is 0 Å². The molecule has 0 saturated carbocycles. The van der Waals surface area contributed by atoms with Gasteiger partial charge in [-0.1, -0.05) is 37.3 Å². The number of esters is 1. The van der Waals surface area contributed by atoms with Crippen molar-refractivity contribution in [3.8, 4) is 0 Å². The van der Waals surface area contributed by atoms with Gasteiger partial charge in [-0.25, -0.2) is 4.79 Å². The first kappa shape index (κ1) is 15.2. The molecule has 0 aliphatic rings. The smallest absolute Gasteiger partial charge is 0.333 e. The highest BCUT2D eigenvalue weighted by atomic mass is 16.5. The summed E-state index contributed by atoms with van der Waals surface area (Å²) in [6.07, 6.45) is 0.951. The van der Waals surface area contributed by atoms with E-state index < -0.39 is 12.0 Å². The van der Waals surface area contributed by atoms with Gasteiger partial charge in [-0.2, -0.15) is 0 Å². The van der Waals surface area contributed by atoms with Gasteiger partial charge >= 0.3 is 5.97 Å². The number of ether oxygens (including phenoxy) is 1. The maximum Gasteiger partial charge on any atom is 0.333 e. The summed E-state index contributed by atoms with van der Waals surface area (Å²) in [6.45, 7) is 2.97. The predicted octanol–water partition coefficient (Wildman–Crippen LogP) is 1.02. The van der Waals surface area contributed by atoms with E-state index in [9.17, 15) is 9.59 Å². The molecule has 0 aliphatic heterocycles. The van der Waals surface area contributed by atoms with Gasteiger partial charge in [-0.3, -0.25) is 4.79 Å². The second-order valence-electron chi connectivity index (χ2n) is 4.11. The zero-order valence-corrected chi connectivity index (χ0v) is 11.3. The van der Waals surface area contributed by atoms with Crippen molar-refractivity contribution in [3.63, 3.8) is 0 Å². The standard InChI is InChI=1S/C14H20N2O3/c1-3-9-15-10-12(17)16-13(14(18)19-2)11-7-5-4-6-8-11/h4-8,13,15H,3,9-10H2,1-2H3,(H,16,17). The van der Waals surface area contributed by atoms with Crippen LogP contribution in [0.5, 0.6) is 0 Å². The third-order valence-electron chi connectivity index (χ3n) is 2.59. The molecule has 19 heavy (non-hydrogen) atoms. The van der Waals surface area contributed by atoms with E-state index in [-0.39, 0.29) is 12.5 Å². The molecule has 1 atom stereocenters. The lowest BCUT2D eigenvalue weighted by molar-refractivity contribution is -0.145. The molecule has 1 aromatic carbocycles. The van der Waals surface area contributed by atoms with Crippen molar-refractivity contribution < 1.29 is 14.3 Å². The third-order valence-corrected chi connectivity index (χ3v) is 2.59. The molecule has 5 nitrogen and oxygen atoms in total. The van der Waals surface area contributed by atoms with E-state index in [1.807, 2.05) is 25.1 Å². The van der Waals surface area contributed by atoms with Crippen LogP contribution in [-0.2, 0) is 14.3 Å². The van der Waals surface area contributed by atoms with Crippen molar-refractivity contribution >= 4 is 11.9 Å². The first-order valence-corrected chi connectivity index (χ1v) is 6.32. The topological polar surface area (TPSA) is 67.4 Å². The molecule has 1 rings (SSSR count). The first-order chi connectivity index (χ1) is 9.19. The summed E-state index contributed by atoms with van der Waals surface area (Å²) in [5.41, 5.74) is 0.707. The van der Waals surface area contributed by atoms with Gasteiger partial charge in [0.1, 0.15) is 0 Å². The monoisotopic (exact) mass is 264 g/mol. The number of methoxy groups -OCH3 is 1. The molecular formula is C14H20N2O3. The molecule has 5 heteroatoms. The summed E-state index contributed by atoms with van der Waals surface area (Å²) >= 11 is 0. The van der Waals surface area contributed by atoms with Gasteiger partial charge in [-0.05, 0) is 18.5 Å². The average Bonchev–Trinajstić information content (AvgIpc) is 2.45. The number of carbonyl (C=O) groups excluding carboxylic acids is 2. The number of rotatable bonds is 7. The normalized spacial score (nSPS) is 11.7. The zero-order valence-electron chi connectivity index (χ0n) is 11.3. The lowest BCUT2D eigenvalue weighted by Crippen LogP contribution is -2.39. The van der Waals surface area contributed by atoms with E-state index >= 15 is 0 Å². The van der Waals surface area contributed by atoms with Crippen LogP contribution >= 0.6 is 0 Å². The Balaban J connectivity index is 2.66. The highest BCUT2D eigenvalue weighted by molar-refractivity contribution is 5.86. The maximum atomic E-state index is 11.7. The Morgan fingerprint density at radius 3 is 2.53 bits per heavy atom. The summed E-state index contributed by atoms with van der Waals surface area (Å²) in [5.74, 6) is -0.706. The van der Waals surface area contributed by atoms with Crippen LogP contribution in [-0.4, -0.2) is 32.1 Å². The Labute approximate surface area is 113 Å². The second-order valence-corrected chi connectivity index (χ2v) is 4.11. The highest BCUT2D eigenvalue weighted by Crippen LogP contribution is 2.13. The lowest BCUT2D eigenvalue weighted by Gasteiger charge is -2.17. The molecule has 2 N–H and O–H groups in total. The van der Waals surface area contributed by atoms with Gasteiger partial charge in [0.15, 0.2) is 6.04 Å². The molecule has 1 aromatic rings. The second kappa shape index (κ2) is 8.26. The Bertz CT molecular complexity index is 406. The van der Waals surface area contributed by atoms with Crippen LogP contribution in [0.1, 0.15) is 24.9 Å². The number of benzene rings is 1. The molecule has 104 valence electrons. The summed E-state index contributed by atoms with van der Waals surface area (Å²) < 4.78 is 4.72. The van der Waals surface area contributed by atoms with Gasteiger partial charge < -0.3 is 15.4 Å². The molecule has 0 spiro atoms. The lowest BCUT2D eigenvalue weighted by atomic mass is 10.1. The van der Waals surface area contributed by atoms with Crippen LogP contribution in [0.25, 0.3) is 0 Å². The van der Waals surface area contributed by atoms with E-state index in [0.29, 0.717) is 5.56 Å². The fraction of sp³-hybridized carbons (Fsp3) is 0.429. The van der Waals surface area contributed by atoms with Crippen molar-refractivity contribution in [1.82, 2.24) is 10.6 Å². The molecule has 0 heterocycles. The van der Waals surface area contributed by atoms with E-state index in [1.54, 1.807) is 12.1 Å². The van der Waals surface area contributed by atoms with Crippen molar-refractivity contribution in [2.45, 2.75) is 19.4 Å². The van der Waals surface area contributed by atoms with E-state index in [0.717, 1.165) is 13.0 Å². The molecule has 0 bridgehead atoms. The molecule has 1 amide bonds. The van der Waals surface area contributed by atoms with Gasteiger partial charge in [-0.15, -0.1) is 0 Å². The molecule has 0 saturated heterocycles. The Morgan fingerprint density at radius 2 is 1.95 bits per heavy atom. The number of hydrogen-bond acceptors (Lipinski definition) is 4. The van der Waals surface area contributed by atoms with Crippen LogP contribution in [0.15, 0.2) is 30.3 Å². The Hall–Kier alpha value is -1.88. The zero-order chi connectivity index (χ0) is 14.1. The largest absolute Gasteiger partial charge is 0.467 e. The van der Waals surface area contributed by atoms with Crippen LogP contribution in [0.2, 0.25) is 0 Å². The Morgan fingerprint density at radius 1 is 1.26 bits per heavy atom. The number of nitrogens with one attached hydrogen (secondary N) is 2. The summed E-state index contributed by atoms with van der Waals surface area (Å²) in [4.78, 5) is 23.5. The summed E-state index contributed by atoms with van der Waals surface area (Å²) in [7, 11) is 1.31. The van der Waals surface area contributed by atoms with Crippen molar-refractivity contribution in [2.24, 2.45) is 0 Å². The minimum atomic E-state index is -0.762. The molecular weight excluding hydrogens is 244 g/mol.